The van der Waals surface area contributed by atoms with Crippen LogP contribution in [-0.2, 0) is 25.3 Å². The Morgan fingerprint density at radius 3 is 2.43 bits per heavy atom. The lowest BCUT2D eigenvalue weighted by Gasteiger charge is -2.27. The number of hydrogen-bond donors (Lipinski definition) is 3. The standard InChI is InChI=1S/C19H21F4NO6/c1-18(2,10-25)16(28)17(29)24-8-7-15(27)30-14(26)6-4-11-3-5-13(20)12(9-11)19(21,22)23/h3-6,9,16,25,28H,7-8,10H2,1-2H3,(H,24,29)/b6-4+/t16-/m0/s1. The normalized spacial score (nSPS) is 13.2. The molecule has 7 nitrogen and oxygen atoms in total. The van der Waals surface area contributed by atoms with Crippen LogP contribution < -0.4 is 5.32 Å². The lowest BCUT2D eigenvalue weighted by Crippen LogP contribution is -2.46. The number of rotatable bonds is 8. The smallest absolute Gasteiger partial charge is 0.396 e. The van der Waals surface area contributed by atoms with Gasteiger partial charge < -0.3 is 20.3 Å². The first-order valence-electron chi connectivity index (χ1n) is 8.64. The summed E-state index contributed by atoms with van der Waals surface area (Å²) in [6.07, 6.45) is -5.25. The molecule has 3 N–H and O–H groups in total. The van der Waals surface area contributed by atoms with Crippen LogP contribution in [0.3, 0.4) is 0 Å². The Bertz CT molecular complexity index is 820. The largest absolute Gasteiger partial charge is 0.419 e. The molecule has 1 rings (SSSR count). The van der Waals surface area contributed by atoms with Crippen LogP contribution in [0.1, 0.15) is 31.4 Å². The molecule has 0 aliphatic carbocycles. The maximum absolute atomic E-state index is 13.2. The van der Waals surface area contributed by atoms with Gasteiger partial charge in [0.1, 0.15) is 11.9 Å². The molecule has 1 amide bonds. The highest BCUT2D eigenvalue weighted by molar-refractivity contribution is 5.95. The number of nitrogens with one attached hydrogen (secondary N) is 1. The highest BCUT2D eigenvalue weighted by atomic mass is 19.4. The first kappa shape index (κ1) is 25.2. The fourth-order valence-electron chi connectivity index (χ4n) is 2.05. The van der Waals surface area contributed by atoms with Crippen molar-refractivity contribution in [3.05, 3.63) is 41.2 Å². The second-order valence-corrected chi connectivity index (χ2v) is 6.95. The third kappa shape index (κ3) is 7.56. The summed E-state index contributed by atoms with van der Waals surface area (Å²) >= 11 is 0. The summed E-state index contributed by atoms with van der Waals surface area (Å²) in [5.74, 6) is -4.50. The molecule has 0 aliphatic heterocycles. The second-order valence-electron chi connectivity index (χ2n) is 6.95. The minimum absolute atomic E-state index is 0.138. The SMILES string of the molecule is CC(C)(CO)[C@@H](O)C(=O)NCCC(=O)OC(=O)/C=C/c1ccc(F)c(C(F)(F)F)c1. The van der Waals surface area contributed by atoms with Crippen molar-refractivity contribution in [2.75, 3.05) is 13.2 Å². The Kier molecular flexibility index (Phi) is 8.67. The maximum atomic E-state index is 13.2. The summed E-state index contributed by atoms with van der Waals surface area (Å²) < 4.78 is 55.6. The molecule has 0 fully saturated rings. The Morgan fingerprint density at radius 2 is 1.87 bits per heavy atom. The van der Waals surface area contributed by atoms with Crippen molar-refractivity contribution in [1.29, 1.82) is 0 Å². The van der Waals surface area contributed by atoms with Crippen molar-refractivity contribution >= 4 is 23.9 Å². The number of ether oxygens (including phenoxy) is 1. The average molecular weight is 435 g/mol. The first-order chi connectivity index (χ1) is 13.8. The summed E-state index contributed by atoms with van der Waals surface area (Å²) in [4.78, 5) is 34.9. The second kappa shape index (κ2) is 10.3. The van der Waals surface area contributed by atoms with E-state index in [4.69, 9.17) is 5.11 Å². The van der Waals surface area contributed by atoms with Gasteiger partial charge >= 0.3 is 18.1 Å². The molecular weight excluding hydrogens is 414 g/mol. The van der Waals surface area contributed by atoms with Gasteiger partial charge in [-0.2, -0.15) is 13.2 Å². The van der Waals surface area contributed by atoms with Crippen molar-refractivity contribution in [1.82, 2.24) is 5.32 Å². The minimum atomic E-state index is -4.91. The van der Waals surface area contributed by atoms with Gasteiger partial charge in [0.2, 0.25) is 5.91 Å². The molecule has 0 radical (unpaired) electrons. The van der Waals surface area contributed by atoms with Gasteiger partial charge in [0, 0.05) is 18.0 Å². The number of amides is 1. The predicted octanol–water partition coefficient (Wildman–Crippen LogP) is 1.81. The number of esters is 2. The molecular formula is C19H21F4NO6. The molecule has 11 heteroatoms. The molecule has 0 aliphatic rings. The van der Waals surface area contributed by atoms with E-state index in [2.05, 4.69) is 10.1 Å². The van der Waals surface area contributed by atoms with E-state index < -0.39 is 59.9 Å². The van der Waals surface area contributed by atoms with Crippen molar-refractivity contribution < 1.29 is 46.9 Å². The zero-order valence-corrected chi connectivity index (χ0v) is 16.1. The number of carbonyl (C=O) groups is 3. The van der Waals surface area contributed by atoms with Crippen LogP contribution in [0.5, 0.6) is 0 Å². The van der Waals surface area contributed by atoms with Gasteiger partial charge in [0.05, 0.1) is 18.6 Å². The molecule has 1 aromatic rings. The lowest BCUT2D eigenvalue weighted by molar-refractivity contribution is -0.156. The van der Waals surface area contributed by atoms with Crippen LogP contribution in [0.2, 0.25) is 0 Å². The highest BCUT2D eigenvalue weighted by Crippen LogP contribution is 2.32. The van der Waals surface area contributed by atoms with Gasteiger partial charge in [0.15, 0.2) is 0 Å². The first-order valence-corrected chi connectivity index (χ1v) is 8.64. The number of halogens is 4. The molecule has 0 aromatic heterocycles. The fraction of sp³-hybridized carbons (Fsp3) is 0.421. The summed E-state index contributed by atoms with van der Waals surface area (Å²) in [5, 5.41) is 21.1. The Hall–Kier alpha value is -2.79. The van der Waals surface area contributed by atoms with Crippen LogP contribution in [0, 0.1) is 11.2 Å². The lowest BCUT2D eigenvalue weighted by atomic mass is 9.87. The number of benzene rings is 1. The number of aliphatic hydroxyl groups is 2. The summed E-state index contributed by atoms with van der Waals surface area (Å²) in [6.45, 7) is 2.19. The molecule has 1 atom stereocenters. The number of hydrogen-bond acceptors (Lipinski definition) is 6. The quantitative estimate of drug-likeness (QED) is 0.249. The molecule has 30 heavy (non-hydrogen) atoms. The van der Waals surface area contributed by atoms with E-state index >= 15 is 0 Å². The van der Waals surface area contributed by atoms with E-state index in [0.29, 0.717) is 18.2 Å². The van der Waals surface area contributed by atoms with Gasteiger partial charge in [-0.3, -0.25) is 9.59 Å². The maximum Gasteiger partial charge on any atom is 0.419 e. The van der Waals surface area contributed by atoms with Gasteiger partial charge in [-0.1, -0.05) is 19.9 Å². The number of aliphatic hydroxyl groups excluding tert-OH is 2. The minimum Gasteiger partial charge on any atom is -0.396 e. The topological polar surface area (TPSA) is 113 Å². The van der Waals surface area contributed by atoms with E-state index in [9.17, 15) is 37.1 Å². The van der Waals surface area contributed by atoms with E-state index in [1.807, 2.05) is 0 Å². The van der Waals surface area contributed by atoms with Gasteiger partial charge in [-0.15, -0.1) is 0 Å². The zero-order chi connectivity index (χ0) is 23.1. The fourth-order valence-corrected chi connectivity index (χ4v) is 2.05. The Balaban J connectivity index is 2.54. The van der Waals surface area contributed by atoms with Crippen molar-refractivity contribution in [2.24, 2.45) is 5.41 Å². The van der Waals surface area contributed by atoms with Crippen LogP contribution >= 0.6 is 0 Å². The average Bonchev–Trinajstić information content (AvgIpc) is 2.65. The van der Waals surface area contributed by atoms with E-state index in [-0.39, 0.29) is 12.1 Å². The summed E-state index contributed by atoms with van der Waals surface area (Å²) in [7, 11) is 0. The van der Waals surface area contributed by atoms with Gasteiger partial charge in [0.25, 0.3) is 0 Å². The van der Waals surface area contributed by atoms with Gasteiger partial charge in [-0.05, 0) is 23.8 Å². The Labute approximate surface area is 169 Å². The molecule has 0 unspecified atom stereocenters. The summed E-state index contributed by atoms with van der Waals surface area (Å²) in [6, 6.07) is 2.09. The van der Waals surface area contributed by atoms with Crippen LogP contribution in [-0.4, -0.2) is 47.3 Å². The van der Waals surface area contributed by atoms with Gasteiger partial charge in [-0.25, -0.2) is 9.18 Å². The Morgan fingerprint density at radius 1 is 1.23 bits per heavy atom. The molecule has 0 heterocycles. The monoisotopic (exact) mass is 435 g/mol. The molecule has 166 valence electrons. The van der Waals surface area contributed by atoms with Crippen molar-refractivity contribution in [3.63, 3.8) is 0 Å². The third-order valence-electron chi connectivity index (χ3n) is 3.95. The third-order valence-corrected chi connectivity index (χ3v) is 3.95. The molecule has 0 spiro atoms. The number of alkyl halides is 3. The van der Waals surface area contributed by atoms with E-state index in [1.54, 1.807) is 0 Å². The van der Waals surface area contributed by atoms with Crippen LogP contribution in [0.15, 0.2) is 24.3 Å². The number of carbonyl (C=O) groups excluding carboxylic acids is 3. The predicted molar refractivity (Wildman–Crippen MR) is 96.0 cm³/mol. The summed E-state index contributed by atoms with van der Waals surface area (Å²) in [5.41, 5.74) is -2.74. The molecule has 0 saturated heterocycles. The molecule has 1 aromatic carbocycles. The molecule has 0 saturated carbocycles. The van der Waals surface area contributed by atoms with Crippen molar-refractivity contribution in [2.45, 2.75) is 32.5 Å². The van der Waals surface area contributed by atoms with E-state index in [1.165, 1.54) is 13.8 Å². The van der Waals surface area contributed by atoms with E-state index in [0.717, 1.165) is 12.1 Å². The van der Waals surface area contributed by atoms with Crippen LogP contribution in [0.25, 0.3) is 6.08 Å². The highest BCUT2D eigenvalue weighted by Gasteiger charge is 2.34. The van der Waals surface area contributed by atoms with Crippen LogP contribution in [0.4, 0.5) is 17.6 Å². The molecule has 0 bridgehead atoms. The zero-order valence-electron chi connectivity index (χ0n) is 16.1. The van der Waals surface area contributed by atoms with Crippen molar-refractivity contribution in [3.8, 4) is 0 Å².